The maximum Gasteiger partial charge on any atom is 0.0678 e. The summed E-state index contributed by atoms with van der Waals surface area (Å²) in [5, 5.41) is 0. The Morgan fingerprint density at radius 1 is 1.29 bits per heavy atom. The lowest BCUT2D eigenvalue weighted by Gasteiger charge is -2.35. The summed E-state index contributed by atoms with van der Waals surface area (Å²) in [4.78, 5) is 2.45. The maximum atomic E-state index is 5.94. The van der Waals surface area contributed by atoms with Crippen LogP contribution in [0.3, 0.4) is 0 Å². The summed E-state index contributed by atoms with van der Waals surface area (Å²) in [5.41, 5.74) is 9.36. The fraction of sp³-hybridized carbons (Fsp3) is 0.571. The highest BCUT2D eigenvalue weighted by atomic mass is 16.5. The molecule has 3 heteroatoms. The number of hydrogen-bond acceptors (Lipinski definition) is 3. The van der Waals surface area contributed by atoms with E-state index in [1.54, 1.807) is 0 Å². The van der Waals surface area contributed by atoms with Gasteiger partial charge in [0.25, 0.3) is 0 Å². The molecule has 1 aliphatic rings. The number of benzene rings is 1. The molecule has 1 saturated heterocycles. The van der Waals surface area contributed by atoms with Crippen molar-refractivity contribution in [2.45, 2.75) is 39.5 Å². The molecule has 2 unspecified atom stereocenters. The minimum atomic E-state index is 0.320. The minimum absolute atomic E-state index is 0.320. The predicted molar refractivity (Wildman–Crippen MR) is 70.9 cm³/mol. The van der Waals surface area contributed by atoms with Gasteiger partial charge in [-0.15, -0.1) is 0 Å². The predicted octanol–water partition coefficient (Wildman–Crippen LogP) is 2.19. The third-order valence-electron chi connectivity index (χ3n) is 3.38. The summed E-state index contributed by atoms with van der Waals surface area (Å²) in [5.74, 6) is 0. The van der Waals surface area contributed by atoms with Crippen LogP contribution in [0.4, 0.5) is 5.69 Å². The summed E-state index contributed by atoms with van der Waals surface area (Å²) < 4.78 is 5.74. The van der Waals surface area contributed by atoms with Crippen molar-refractivity contribution in [1.29, 1.82) is 0 Å². The molecule has 1 heterocycles. The standard InChI is InChI=1S/C14H22N2O/c1-10-7-16(8-11(2)17-10)9-13-5-4-6-14(15)12(13)3/h4-6,10-11H,7-9,15H2,1-3H3. The van der Waals surface area contributed by atoms with Gasteiger partial charge in [0, 0.05) is 25.3 Å². The van der Waals surface area contributed by atoms with Gasteiger partial charge < -0.3 is 10.5 Å². The van der Waals surface area contributed by atoms with Crippen LogP contribution in [0.1, 0.15) is 25.0 Å². The molecule has 1 aromatic rings. The van der Waals surface area contributed by atoms with E-state index in [2.05, 4.69) is 31.7 Å². The topological polar surface area (TPSA) is 38.5 Å². The summed E-state index contributed by atoms with van der Waals surface area (Å²) in [6.45, 7) is 9.33. The molecule has 0 aliphatic carbocycles. The number of anilines is 1. The molecule has 0 amide bonds. The number of nitrogens with two attached hydrogens (primary N) is 1. The van der Waals surface area contributed by atoms with Crippen LogP contribution >= 0.6 is 0 Å². The van der Waals surface area contributed by atoms with Gasteiger partial charge in [-0.1, -0.05) is 12.1 Å². The summed E-state index contributed by atoms with van der Waals surface area (Å²) in [6.07, 6.45) is 0.639. The van der Waals surface area contributed by atoms with Gasteiger partial charge in [0.05, 0.1) is 12.2 Å². The van der Waals surface area contributed by atoms with E-state index in [-0.39, 0.29) is 0 Å². The first-order valence-corrected chi connectivity index (χ1v) is 6.28. The molecule has 0 radical (unpaired) electrons. The van der Waals surface area contributed by atoms with Crippen LogP contribution in [0.2, 0.25) is 0 Å². The summed E-state index contributed by atoms with van der Waals surface area (Å²) in [7, 11) is 0. The molecule has 94 valence electrons. The van der Waals surface area contributed by atoms with Crippen LogP contribution in [0.25, 0.3) is 0 Å². The van der Waals surface area contributed by atoms with Crippen molar-refractivity contribution in [2.24, 2.45) is 0 Å². The zero-order chi connectivity index (χ0) is 12.4. The van der Waals surface area contributed by atoms with Gasteiger partial charge in [-0.2, -0.15) is 0 Å². The van der Waals surface area contributed by atoms with Crippen molar-refractivity contribution in [2.75, 3.05) is 18.8 Å². The maximum absolute atomic E-state index is 5.94. The van der Waals surface area contributed by atoms with Gasteiger partial charge in [0.1, 0.15) is 0 Å². The Labute approximate surface area is 104 Å². The van der Waals surface area contributed by atoms with Crippen molar-refractivity contribution in [1.82, 2.24) is 4.90 Å². The van der Waals surface area contributed by atoms with Crippen molar-refractivity contribution in [3.05, 3.63) is 29.3 Å². The molecule has 0 saturated carbocycles. The highest BCUT2D eigenvalue weighted by Crippen LogP contribution is 2.19. The number of morpholine rings is 1. The van der Waals surface area contributed by atoms with Gasteiger partial charge >= 0.3 is 0 Å². The molecule has 2 N–H and O–H groups in total. The first kappa shape index (κ1) is 12.4. The molecule has 3 nitrogen and oxygen atoms in total. The fourth-order valence-corrected chi connectivity index (χ4v) is 2.53. The highest BCUT2D eigenvalue weighted by molar-refractivity contribution is 5.49. The van der Waals surface area contributed by atoms with Crippen LogP contribution in [0, 0.1) is 6.92 Å². The highest BCUT2D eigenvalue weighted by Gasteiger charge is 2.22. The zero-order valence-corrected chi connectivity index (χ0v) is 10.9. The SMILES string of the molecule is Cc1c(N)cccc1CN1CC(C)OC(C)C1. The molecule has 2 atom stereocenters. The van der Waals surface area contributed by atoms with Crippen LogP contribution in [-0.2, 0) is 11.3 Å². The van der Waals surface area contributed by atoms with E-state index in [0.717, 1.165) is 25.3 Å². The first-order valence-electron chi connectivity index (χ1n) is 6.28. The van der Waals surface area contributed by atoms with Gasteiger partial charge in [-0.05, 0) is 38.0 Å². The van der Waals surface area contributed by atoms with Gasteiger partial charge in [0.15, 0.2) is 0 Å². The Balaban J connectivity index is 2.07. The second kappa shape index (κ2) is 5.07. The van der Waals surface area contributed by atoms with E-state index < -0.39 is 0 Å². The van der Waals surface area contributed by atoms with E-state index in [4.69, 9.17) is 10.5 Å². The van der Waals surface area contributed by atoms with Gasteiger partial charge in [0.2, 0.25) is 0 Å². The molecule has 0 bridgehead atoms. The lowest BCUT2D eigenvalue weighted by Crippen LogP contribution is -2.44. The molecule has 1 fully saturated rings. The number of ether oxygens (including phenoxy) is 1. The second-order valence-corrected chi connectivity index (χ2v) is 5.08. The third kappa shape index (κ3) is 2.99. The van der Waals surface area contributed by atoms with Crippen molar-refractivity contribution >= 4 is 5.69 Å². The second-order valence-electron chi connectivity index (χ2n) is 5.08. The number of rotatable bonds is 2. The smallest absolute Gasteiger partial charge is 0.0678 e. The normalized spacial score (nSPS) is 26.1. The van der Waals surface area contributed by atoms with E-state index in [1.807, 2.05) is 12.1 Å². The average Bonchev–Trinajstić information content (AvgIpc) is 2.23. The molecule has 0 aromatic heterocycles. The molecule has 2 rings (SSSR count). The van der Waals surface area contributed by atoms with E-state index in [0.29, 0.717) is 12.2 Å². The molecule has 1 aromatic carbocycles. The third-order valence-corrected chi connectivity index (χ3v) is 3.38. The van der Waals surface area contributed by atoms with E-state index in [1.165, 1.54) is 11.1 Å². The molecule has 17 heavy (non-hydrogen) atoms. The number of hydrogen-bond donors (Lipinski definition) is 1. The molecule has 1 aliphatic heterocycles. The summed E-state index contributed by atoms with van der Waals surface area (Å²) >= 11 is 0. The Kier molecular flexibility index (Phi) is 3.69. The summed E-state index contributed by atoms with van der Waals surface area (Å²) in [6, 6.07) is 6.16. The molecular weight excluding hydrogens is 212 g/mol. The van der Waals surface area contributed by atoms with Crippen LogP contribution in [0.15, 0.2) is 18.2 Å². The molecule has 0 spiro atoms. The fourth-order valence-electron chi connectivity index (χ4n) is 2.53. The Morgan fingerprint density at radius 3 is 2.59 bits per heavy atom. The van der Waals surface area contributed by atoms with Gasteiger partial charge in [-0.3, -0.25) is 4.90 Å². The lowest BCUT2D eigenvalue weighted by molar-refractivity contribution is -0.0705. The quantitative estimate of drug-likeness (QED) is 0.797. The molecular formula is C14H22N2O. The first-order chi connectivity index (χ1) is 8.06. The van der Waals surface area contributed by atoms with Crippen LogP contribution in [-0.4, -0.2) is 30.2 Å². The van der Waals surface area contributed by atoms with E-state index >= 15 is 0 Å². The van der Waals surface area contributed by atoms with Crippen molar-refractivity contribution in [3.63, 3.8) is 0 Å². The minimum Gasteiger partial charge on any atom is -0.399 e. The Morgan fingerprint density at radius 2 is 1.94 bits per heavy atom. The number of nitrogen functional groups attached to an aromatic ring is 1. The zero-order valence-electron chi connectivity index (χ0n) is 10.9. The monoisotopic (exact) mass is 234 g/mol. The largest absolute Gasteiger partial charge is 0.399 e. The van der Waals surface area contributed by atoms with Crippen molar-refractivity contribution < 1.29 is 4.74 Å². The van der Waals surface area contributed by atoms with E-state index in [9.17, 15) is 0 Å². The van der Waals surface area contributed by atoms with Crippen LogP contribution in [0.5, 0.6) is 0 Å². The number of nitrogens with zero attached hydrogens (tertiary/aromatic N) is 1. The lowest BCUT2D eigenvalue weighted by atomic mass is 10.1. The Bertz CT molecular complexity index is 382. The van der Waals surface area contributed by atoms with Crippen molar-refractivity contribution in [3.8, 4) is 0 Å². The van der Waals surface area contributed by atoms with Crippen LogP contribution < -0.4 is 5.73 Å². The van der Waals surface area contributed by atoms with Gasteiger partial charge in [-0.25, -0.2) is 0 Å². The Hall–Kier alpha value is -1.06. The average molecular weight is 234 g/mol.